The maximum atomic E-state index is 11.8. The van der Waals surface area contributed by atoms with E-state index >= 15 is 0 Å². The lowest BCUT2D eigenvalue weighted by atomic mass is 10.1. The third-order valence-electron chi connectivity index (χ3n) is 2.95. The standard InChI is InChI=1S/C13H15NO5/c1-13(11(15)16)8-14(9-19-13)12(17)18-7-10-5-3-2-4-6-10/h2-6H,7-9H2,1H3,(H,15,16)/t13-/m1/s1. The maximum Gasteiger partial charge on any atom is 0.412 e. The Morgan fingerprint density at radius 3 is 2.68 bits per heavy atom. The summed E-state index contributed by atoms with van der Waals surface area (Å²) in [6.45, 7) is 1.49. The van der Waals surface area contributed by atoms with Gasteiger partial charge >= 0.3 is 12.1 Å². The van der Waals surface area contributed by atoms with Crippen molar-refractivity contribution in [1.82, 2.24) is 4.90 Å². The van der Waals surface area contributed by atoms with E-state index in [4.69, 9.17) is 14.6 Å². The van der Waals surface area contributed by atoms with Crippen molar-refractivity contribution >= 4 is 12.1 Å². The highest BCUT2D eigenvalue weighted by Crippen LogP contribution is 2.21. The highest BCUT2D eigenvalue weighted by Gasteiger charge is 2.44. The zero-order valence-corrected chi connectivity index (χ0v) is 10.5. The third-order valence-corrected chi connectivity index (χ3v) is 2.95. The molecule has 1 fully saturated rings. The summed E-state index contributed by atoms with van der Waals surface area (Å²) >= 11 is 0. The first-order valence-corrected chi connectivity index (χ1v) is 5.84. The van der Waals surface area contributed by atoms with Gasteiger partial charge in [0.2, 0.25) is 0 Å². The Bertz CT molecular complexity index is 475. The Balaban J connectivity index is 1.87. The zero-order valence-electron chi connectivity index (χ0n) is 10.5. The van der Waals surface area contributed by atoms with Gasteiger partial charge in [-0.25, -0.2) is 9.59 Å². The normalized spacial score (nSPS) is 22.3. The second-order valence-electron chi connectivity index (χ2n) is 4.55. The molecule has 0 aromatic heterocycles. The van der Waals surface area contributed by atoms with Crippen molar-refractivity contribution in [1.29, 1.82) is 0 Å². The Morgan fingerprint density at radius 2 is 2.11 bits per heavy atom. The van der Waals surface area contributed by atoms with Crippen molar-refractivity contribution in [2.45, 2.75) is 19.1 Å². The molecule has 0 saturated carbocycles. The lowest BCUT2D eigenvalue weighted by molar-refractivity contribution is -0.156. The predicted molar refractivity (Wildman–Crippen MR) is 65.3 cm³/mol. The van der Waals surface area contributed by atoms with Crippen LogP contribution in [0.15, 0.2) is 30.3 Å². The summed E-state index contributed by atoms with van der Waals surface area (Å²) in [7, 11) is 0. The Kier molecular flexibility index (Phi) is 3.71. The zero-order chi connectivity index (χ0) is 13.9. The summed E-state index contributed by atoms with van der Waals surface area (Å²) in [4.78, 5) is 24.0. The highest BCUT2D eigenvalue weighted by atomic mass is 16.6. The number of ether oxygens (including phenoxy) is 2. The fraction of sp³-hybridized carbons (Fsp3) is 0.385. The molecular formula is C13H15NO5. The lowest BCUT2D eigenvalue weighted by Gasteiger charge is -2.17. The molecule has 0 spiro atoms. The summed E-state index contributed by atoms with van der Waals surface area (Å²) in [5.41, 5.74) is -0.483. The van der Waals surface area contributed by atoms with Crippen LogP contribution in [0.1, 0.15) is 12.5 Å². The molecule has 0 radical (unpaired) electrons. The third kappa shape index (κ3) is 3.03. The van der Waals surface area contributed by atoms with E-state index in [9.17, 15) is 9.59 Å². The van der Waals surface area contributed by atoms with Gasteiger partial charge in [-0.05, 0) is 12.5 Å². The minimum atomic E-state index is -1.36. The topological polar surface area (TPSA) is 76.1 Å². The van der Waals surface area contributed by atoms with Gasteiger partial charge in [-0.1, -0.05) is 30.3 Å². The number of amides is 1. The number of carboxylic acid groups (broad SMARTS) is 1. The van der Waals surface area contributed by atoms with E-state index in [1.807, 2.05) is 30.3 Å². The lowest BCUT2D eigenvalue weighted by Crippen LogP contribution is -2.41. The average molecular weight is 265 g/mol. The second kappa shape index (κ2) is 5.27. The minimum absolute atomic E-state index is 0.0179. The first-order valence-electron chi connectivity index (χ1n) is 5.84. The van der Waals surface area contributed by atoms with Crippen molar-refractivity contribution in [2.75, 3.05) is 13.3 Å². The van der Waals surface area contributed by atoms with Crippen LogP contribution in [0.5, 0.6) is 0 Å². The van der Waals surface area contributed by atoms with Crippen LogP contribution in [0.3, 0.4) is 0 Å². The molecule has 2 rings (SSSR count). The highest BCUT2D eigenvalue weighted by molar-refractivity contribution is 5.79. The molecular weight excluding hydrogens is 250 g/mol. The molecule has 102 valence electrons. The van der Waals surface area contributed by atoms with Gasteiger partial charge in [0.05, 0.1) is 6.54 Å². The first kappa shape index (κ1) is 13.4. The molecule has 6 nitrogen and oxygen atoms in total. The van der Waals surface area contributed by atoms with Crippen LogP contribution in [-0.4, -0.2) is 40.9 Å². The number of carbonyl (C=O) groups excluding carboxylic acids is 1. The second-order valence-corrected chi connectivity index (χ2v) is 4.55. The maximum absolute atomic E-state index is 11.8. The van der Waals surface area contributed by atoms with Gasteiger partial charge in [0.25, 0.3) is 0 Å². The fourth-order valence-corrected chi connectivity index (χ4v) is 1.73. The van der Waals surface area contributed by atoms with Gasteiger partial charge in [-0.2, -0.15) is 0 Å². The summed E-state index contributed by atoms with van der Waals surface area (Å²) < 4.78 is 10.2. The molecule has 0 bridgehead atoms. The molecule has 0 unspecified atom stereocenters. The van der Waals surface area contributed by atoms with E-state index in [-0.39, 0.29) is 19.9 Å². The number of hydrogen-bond donors (Lipinski definition) is 1. The predicted octanol–water partition coefficient (Wildman–Crippen LogP) is 1.46. The van der Waals surface area contributed by atoms with Crippen molar-refractivity contribution in [3.8, 4) is 0 Å². The van der Waals surface area contributed by atoms with Crippen LogP contribution >= 0.6 is 0 Å². The molecule has 1 aromatic carbocycles. The van der Waals surface area contributed by atoms with Gasteiger partial charge in [0, 0.05) is 0 Å². The summed E-state index contributed by atoms with van der Waals surface area (Å²) in [6, 6.07) is 9.26. The van der Waals surface area contributed by atoms with Crippen LogP contribution < -0.4 is 0 Å². The van der Waals surface area contributed by atoms with Gasteiger partial charge in [0.1, 0.15) is 13.3 Å². The van der Waals surface area contributed by atoms with Gasteiger partial charge < -0.3 is 14.6 Å². The van der Waals surface area contributed by atoms with Gasteiger partial charge in [-0.15, -0.1) is 0 Å². The van der Waals surface area contributed by atoms with Crippen LogP contribution in [0.2, 0.25) is 0 Å². The molecule has 1 atom stereocenters. The van der Waals surface area contributed by atoms with Crippen LogP contribution in [-0.2, 0) is 20.9 Å². The molecule has 1 heterocycles. The summed E-state index contributed by atoms with van der Waals surface area (Å²) in [6.07, 6.45) is -0.575. The van der Waals surface area contributed by atoms with E-state index in [1.54, 1.807) is 0 Å². The number of nitrogens with zero attached hydrogens (tertiary/aromatic N) is 1. The molecule has 1 amide bonds. The number of hydrogen-bond acceptors (Lipinski definition) is 4. The minimum Gasteiger partial charge on any atom is -0.479 e. The number of rotatable bonds is 3. The van der Waals surface area contributed by atoms with E-state index in [1.165, 1.54) is 11.8 Å². The Hall–Kier alpha value is -2.08. The smallest absolute Gasteiger partial charge is 0.412 e. The summed E-state index contributed by atoms with van der Waals surface area (Å²) in [5, 5.41) is 8.98. The SMILES string of the molecule is C[C@]1(C(=O)O)CN(C(=O)OCc2ccccc2)CO1. The number of benzene rings is 1. The summed E-state index contributed by atoms with van der Waals surface area (Å²) in [5.74, 6) is -1.09. The van der Waals surface area contributed by atoms with Crippen molar-refractivity contribution in [2.24, 2.45) is 0 Å². The monoisotopic (exact) mass is 265 g/mol. The fourth-order valence-electron chi connectivity index (χ4n) is 1.73. The molecule has 0 aliphatic carbocycles. The molecule has 1 aliphatic rings. The van der Waals surface area contributed by atoms with E-state index in [0.717, 1.165) is 5.56 Å². The van der Waals surface area contributed by atoms with Crippen LogP contribution in [0.25, 0.3) is 0 Å². The van der Waals surface area contributed by atoms with Crippen molar-refractivity contribution < 1.29 is 24.2 Å². The quantitative estimate of drug-likeness (QED) is 0.895. The molecule has 6 heteroatoms. The van der Waals surface area contributed by atoms with Crippen LogP contribution in [0.4, 0.5) is 4.79 Å². The van der Waals surface area contributed by atoms with E-state index < -0.39 is 17.7 Å². The van der Waals surface area contributed by atoms with E-state index in [2.05, 4.69) is 0 Å². The number of carbonyl (C=O) groups is 2. The van der Waals surface area contributed by atoms with Crippen molar-refractivity contribution in [3.63, 3.8) is 0 Å². The first-order chi connectivity index (χ1) is 9.01. The Morgan fingerprint density at radius 1 is 1.42 bits per heavy atom. The number of carboxylic acids is 1. The molecule has 19 heavy (non-hydrogen) atoms. The largest absolute Gasteiger partial charge is 0.479 e. The molecule has 1 saturated heterocycles. The molecule has 1 N–H and O–H groups in total. The Labute approximate surface area is 110 Å². The molecule has 1 aliphatic heterocycles. The van der Waals surface area contributed by atoms with E-state index in [0.29, 0.717) is 0 Å². The van der Waals surface area contributed by atoms with Crippen molar-refractivity contribution in [3.05, 3.63) is 35.9 Å². The molecule has 1 aromatic rings. The van der Waals surface area contributed by atoms with Gasteiger partial charge in [0.15, 0.2) is 5.60 Å². The van der Waals surface area contributed by atoms with Crippen LogP contribution in [0, 0.1) is 0 Å². The average Bonchev–Trinajstić information content (AvgIpc) is 2.81. The van der Waals surface area contributed by atoms with Gasteiger partial charge in [-0.3, -0.25) is 4.90 Å². The number of aliphatic carboxylic acids is 1.